The molecular weight excluding hydrogens is 331 g/mol. The van der Waals surface area contributed by atoms with Crippen LogP contribution in [0.4, 0.5) is 4.39 Å². The van der Waals surface area contributed by atoms with Gasteiger partial charge >= 0.3 is 0 Å². The highest BCUT2D eigenvalue weighted by atomic mass is 19.1. The van der Waals surface area contributed by atoms with Crippen LogP contribution in [0.15, 0.2) is 70.7 Å². The van der Waals surface area contributed by atoms with Crippen LogP contribution in [0.5, 0.6) is 5.75 Å². The minimum absolute atomic E-state index is 0.168. The minimum atomic E-state index is -0.451. The summed E-state index contributed by atoms with van der Waals surface area (Å²) in [6, 6.07) is 17.6. The zero-order valence-corrected chi connectivity index (χ0v) is 13.7. The van der Waals surface area contributed by atoms with E-state index < -0.39 is 5.82 Å². The van der Waals surface area contributed by atoms with Crippen LogP contribution in [0.1, 0.15) is 15.9 Å². The Hall–Kier alpha value is -3.40. The van der Waals surface area contributed by atoms with Gasteiger partial charge in [-0.1, -0.05) is 24.3 Å². The quantitative estimate of drug-likeness (QED) is 0.435. The maximum atomic E-state index is 13.5. The molecule has 0 unspecified atom stereocenters. The van der Waals surface area contributed by atoms with Crippen LogP contribution in [0.3, 0.4) is 0 Å². The van der Waals surface area contributed by atoms with Crippen molar-refractivity contribution < 1.29 is 18.3 Å². The summed E-state index contributed by atoms with van der Waals surface area (Å²) in [4.78, 5) is 12.7. The van der Waals surface area contributed by atoms with Gasteiger partial charge in [-0.15, -0.1) is 0 Å². The van der Waals surface area contributed by atoms with Crippen LogP contribution in [0.2, 0.25) is 0 Å². The highest BCUT2D eigenvalue weighted by molar-refractivity contribution is 6.14. The molecule has 0 amide bonds. The van der Waals surface area contributed by atoms with Gasteiger partial charge in [-0.2, -0.15) is 0 Å². The molecule has 3 nitrogen and oxygen atoms in total. The Kier molecular flexibility index (Phi) is 3.19. The zero-order valence-electron chi connectivity index (χ0n) is 13.7. The van der Waals surface area contributed by atoms with Gasteiger partial charge in [0, 0.05) is 16.3 Å². The molecule has 26 heavy (non-hydrogen) atoms. The summed E-state index contributed by atoms with van der Waals surface area (Å²) in [5.74, 6) is -0.235. The van der Waals surface area contributed by atoms with Crippen molar-refractivity contribution in [2.45, 2.75) is 0 Å². The molecule has 0 aliphatic carbocycles. The number of halogens is 1. The molecule has 0 saturated carbocycles. The minimum Gasteiger partial charge on any atom is -0.488 e. The van der Waals surface area contributed by atoms with E-state index in [1.165, 1.54) is 18.2 Å². The molecule has 1 aliphatic heterocycles. The molecular formula is C22H13FO3. The molecule has 2 heterocycles. The number of carbonyl (C=O) groups is 1. The number of hydrogen-bond acceptors (Lipinski definition) is 3. The molecule has 0 atom stereocenters. The lowest BCUT2D eigenvalue weighted by molar-refractivity contribution is 0.1000. The van der Waals surface area contributed by atoms with Crippen LogP contribution in [0.25, 0.3) is 28.0 Å². The van der Waals surface area contributed by atoms with Crippen LogP contribution in [0, 0.1) is 5.82 Å². The molecule has 0 radical (unpaired) electrons. The predicted octanol–water partition coefficient (Wildman–Crippen LogP) is 5.38. The van der Waals surface area contributed by atoms with Crippen LogP contribution < -0.4 is 4.74 Å². The van der Waals surface area contributed by atoms with E-state index in [1.807, 2.05) is 42.5 Å². The van der Waals surface area contributed by atoms with Gasteiger partial charge in [0.15, 0.2) is 5.78 Å². The smallest absolute Gasteiger partial charge is 0.196 e. The second kappa shape index (κ2) is 5.56. The predicted molar refractivity (Wildman–Crippen MR) is 97.9 cm³/mol. The maximum absolute atomic E-state index is 13.5. The lowest BCUT2D eigenvalue weighted by atomic mass is 9.98. The molecule has 1 aliphatic rings. The average Bonchev–Trinajstić information content (AvgIpc) is 3.02. The number of fused-ring (bicyclic) bond motifs is 4. The molecule has 0 bridgehead atoms. The number of para-hydroxylation sites is 1. The highest BCUT2D eigenvalue weighted by Gasteiger charge is 2.23. The van der Waals surface area contributed by atoms with E-state index >= 15 is 0 Å². The number of hydrogen-bond donors (Lipinski definition) is 0. The van der Waals surface area contributed by atoms with Gasteiger partial charge in [0.05, 0.1) is 5.56 Å². The van der Waals surface area contributed by atoms with Gasteiger partial charge in [-0.25, -0.2) is 4.39 Å². The number of ether oxygens (including phenoxy) is 1. The monoisotopic (exact) mass is 344 g/mol. The fourth-order valence-electron chi connectivity index (χ4n) is 3.34. The zero-order chi connectivity index (χ0) is 17.7. The van der Waals surface area contributed by atoms with Gasteiger partial charge in [-0.3, -0.25) is 4.79 Å². The van der Waals surface area contributed by atoms with Crippen molar-refractivity contribution in [3.8, 4) is 5.75 Å². The lowest BCUT2D eigenvalue weighted by Crippen LogP contribution is -2.19. The van der Waals surface area contributed by atoms with Crippen molar-refractivity contribution in [2.75, 3.05) is 6.61 Å². The summed E-state index contributed by atoms with van der Waals surface area (Å²) < 4.78 is 24.9. The lowest BCUT2D eigenvalue weighted by Gasteiger charge is -2.18. The summed E-state index contributed by atoms with van der Waals surface area (Å²) in [6.07, 6.45) is 1.79. The Morgan fingerprint density at radius 3 is 2.69 bits per heavy atom. The summed E-state index contributed by atoms with van der Waals surface area (Å²) in [7, 11) is 0. The number of rotatable bonds is 1. The van der Waals surface area contributed by atoms with Gasteiger partial charge in [-0.05, 0) is 48.0 Å². The first kappa shape index (κ1) is 14.9. The van der Waals surface area contributed by atoms with Gasteiger partial charge in [0.1, 0.15) is 29.3 Å². The molecule has 0 N–H and O–H groups in total. The summed E-state index contributed by atoms with van der Waals surface area (Å²) in [6.45, 7) is 0.168. The SMILES string of the molecule is O=C1/C(=C\c2ccc3oc4ccccc4c3c2)COc2ccc(F)cc21. The fourth-order valence-corrected chi connectivity index (χ4v) is 3.34. The van der Waals surface area contributed by atoms with Gasteiger partial charge in [0.2, 0.25) is 0 Å². The molecule has 0 fully saturated rings. The van der Waals surface area contributed by atoms with E-state index in [9.17, 15) is 9.18 Å². The second-order valence-corrected chi connectivity index (χ2v) is 6.28. The third kappa shape index (κ3) is 2.30. The first-order chi connectivity index (χ1) is 12.7. The molecule has 4 heteroatoms. The van der Waals surface area contributed by atoms with E-state index in [0.717, 1.165) is 27.5 Å². The van der Waals surface area contributed by atoms with Crippen molar-refractivity contribution in [1.82, 2.24) is 0 Å². The molecule has 4 aromatic rings. The Morgan fingerprint density at radius 1 is 0.923 bits per heavy atom. The Bertz CT molecular complexity index is 1220. The number of ketones is 1. The fraction of sp³-hybridized carbons (Fsp3) is 0.0455. The normalized spacial score (nSPS) is 15.4. The average molecular weight is 344 g/mol. The largest absolute Gasteiger partial charge is 0.488 e. The highest BCUT2D eigenvalue weighted by Crippen LogP contribution is 2.31. The Balaban J connectivity index is 1.60. The topological polar surface area (TPSA) is 39.4 Å². The third-order valence-corrected chi connectivity index (χ3v) is 4.60. The molecule has 0 saturated heterocycles. The van der Waals surface area contributed by atoms with Crippen LogP contribution >= 0.6 is 0 Å². The number of carbonyl (C=O) groups excluding carboxylic acids is 1. The van der Waals surface area contributed by atoms with Gasteiger partial charge < -0.3 is 9.15 Å². The van der Waals surface area contributed by atoms with Gasteiger partial charge in [0.25, 0.3) is 0 Å². The standard InChI is InChI=1S/C22H13FO3/c23-15-6-8-19-18(11-15)22(24)14(12-25-19)9-13-5-7-21-17(10-13)16-3-1-2-4-20(16)26-21/h1-11H,12H2/b14-9-. The van der Waals surface area contributed by atoms with Crippen molar-refractivity contribution in [3.05, 3.63) is 83.2 Å². The van der Waals surface area contributed by atoms with Crippen molar-refractivity contribution in [3.63, 3.8) is 0 Å². The first-order valence-corrected chi connectivity index (χ1v) is 8.28. The number of furan rings is 1. The summed E-state index contributed by atoms with van der Waals surface area (Å²) in [5, 5.41) is 2.02. The molecule has 1 aromatic heterocycles. The summed E-state index contributed by atoms with van der Waals surface area (Å²) >= 11 is 0. The number of Topliss-reactive ketones (excluding diaryl/α,β-unsaturated/α-hetero) is 1. The van der Waals surface area contributed by atoms with Crippen molar-refractivity contribution in [2.24, 2.45) is 0 Å². The second-order valence-electron chi connectivity index (χ2n) is 6.28. The van der Waals surface area contributed by atoms with E-state index in [2.05, 4.69) is 0 Å². The third-order valence-electron chi connectivity index (χ3n) is 4.60. The first-order valence-electron chi connectivity index (χ1n) is 8.28. The molecule has 126 valence electrons. The number of benzene rings is 3. The molecule has 5 rings (SSSR count). The Morgan fingerprint density at radius 2 is 1.77 bits per heavy atom. The molecule has 0 spiro atoms. The Labute approximate surface area is 148 Å². The van der Waals surface area contributed by atoms with E-state index in [-0.39, 0.29) is 18.0 Å². The van der Waals surface area contributed by atoms with E-state index in [0.29, 0.717) is 11.3 Å². The maximum Gasteiger partial charge on any atom is 0.196 e. The van der Waals surface area contributed by atoms with Crippen molar-refractivity contribution >= 4 is 33.8 Å². The summed E-state index contributed by atoms with van der Waals surface area (Å²) in [5.41, 5.74) is 3.25. The van der Waals surface area contributed by atoms with E-state index in [1.54, 1.807) is 6.08 Å². The van der Waals surface area contributed by atoms with Crippen molar-refractivity contribution in [1.29, 1.82) is 0 Å². The van der Waals surface area contributed by atoms with Crippen LogP contribution in [-0.2, 0) is 0 Å². The van der Waals surface area contributed by atoms with E-state index in [4.69, 9.17) is 9.15 Å². The van der Waals surface area contributed by atoms with Crippen LogP contribution in [-0.4, -0.2) is 12.4 Å². The molecule has 3 aromatic carbocycles.